The number of amides is 1. The smallest absolute Gasteiger partial charge is 0.254 e. The zero-order valence-electron chi connectivity index (χ0n) is 12.4. The van der Waals surface area contributed by atoms with Gasteiger partial charge in [0.2, 0.25) is 0 Å². The van der Waals surface area contributed by atoms with Crippen molar-refractivity contribution in [3.8, 4) is 0 Å². The Morgan fingerprint density at radius 2 is 2.14 bits per heavy atom. The molecule has 1 aromatic carbocycles. The number of nitrogen functional groups attached to an aromatic ring is 1. The van der Waals surface area contributed by atoms with Crippen LogP contribution in [0.4, 0.5) is 10.1 Å². The van der Waals surface area contributed by atoms with Gasteiger partial charge in [-0.1, -0.05) is 6.42 Å². The zero-order valence-corrected chi connectivity index (χ0v) is 12.4. The summed E-state index contributed by atoms with van der Waals surface area (Å²) in [6.07, 6.45) is 3.63. The lowest BCUT2D eigenvalue weighted by Gasteiger charge is -2.47. The SMILES string of the molecule is CC1CN2CCCCC2CN1C(=O)c1ccc(N)c(F)c1. The number of anilines is 1. The molecule has 2 atom stereocenters. The van der Waals surface area contributed by atoms with Gasteiger partial charge in [0.1, 0.15) is 5.82 Å². The lowest BCUT2D eigenvalue weighted by atomic mass is 9.96. The van der Waals surface area contributed by atoms with Crippen LogP contribution >= 0.6 is 0 Å². The summed E-state index contributed by atoms with van der Waals surface area (Å²) in [5.41, 5.74) is 5.94. The van der Waals surface area contributed by atoms with E-state index in [0.29, 0.717) is 11.6 Å². The molecule has 0 bridgehead atoms. The van der Waals surface area contributed by atoms with Crippen LogP contribution in [-0.2, 0) is 0 Å². The van der Waals surface area contributed by atoms with Crippen LogP contribution in [0.2, 0.25) is 0 Å². The van der Waals surface area contributed by atoms with E-state index in [4.69, 9.17) is 5.73 Å². The van der Waals surface area contributed by atoms with E-state index in [1.165, 1.54) is 25.0 Å². The summed E-state index contributed by atoms with van der Waals surface area (Å²) < 4.78 is 13.6. The summed E-state index contributed by atoms with van der Waals surface area (Å²) in [6, 6.07) is 4.94. The number of rotatable bonds is 1. The van der Waals surface area contributed by atoms with E-state index >= 15 is 0 Å². The molecule has 2 saturated heterocycles. The molecule has 2 heterocycles. The quantitative estimate of drug-likeness (QED) is 0.806. The minimum absolute atomic E-state index is 0.0803. The monoisotopic (exact) mass is 291 g/mol. The van der Waals surface area contributed by atoms with E-state index in [-0.39, 0.29) is 17.6 Å². The third kappa shape index (κ3) is 2.75. The molecule has 4 nitrogen and oxygen atoms in total. The maximum atomic E-state index is 13.6. The molecule has 2 N–H and O–H groups in total. The number of carbonyl (C=O) groups excluding carboxylic acids is 1. The van der Waals surface area contributed by atoms with Gasteiger partial charge in [-0.25, -0.2) is 4.39 Å². The number of benzene rings is 1. The summed E-state index contributed by atoms with van der Waals surface area (Å²) >= 11 is 0. The minimum atomic E-state index is -0.523. The van der Waals surface area contributed by atoms with Crippen molar-refractivity contribution in [3.63, 3.8) is 0 Å². The van der Waals surface area contributed by atoms with E-state index in [9.17, 15) is 9.18 Å². The van der Waals surface area contributed by atoms with Crippen molar-refractivity contribution in [1.29, 1.82) is 0 Å². The topological polar surface area (TPSA) is 49.6 Å². The Morgan fingerprint density at radius 1 is 1.33 bits per heavy atom. The molecule has 1 amide bonds. The highest BCUT2D eigenvalue weighted by molar-refractivity contribution is 5.95. The van der Waals surface area contributed by atoms with Crippen LogP contribution in [0.25, 0.3) is 0 Å². The fourth-order valence-corrected chi connectivity index (χ4v) is 3.46. The first kappa shape index (κ1) is 14.3. The van der Waals surface area contributed by atoms with E-state index in [0.717, 1.165) is 26.1 Å². The molecule has 2 aliphatic rings. The van der Waals surface area contributed by atoms with Crippen LogP contribution in [0.1, 0.15) is 36.5 Å². The predicted molar refractivity (Wildman–Crippen MR) is 80.5 cm³/mol. The number of nitrogens with two attached hydrogens (primary N) is 1. The number of piperidine rings is 1. The third-order valence-corrected chi connectivity index (χ3v) is 4.70. The van der Waals surface area contributed by atoms with Crippen LogP contribution < -0.4 is 5.73 Å². The number of nitrogens with zero attached hydrogens (tertiary/aromatic N) is 2. The molecule has 0 aromatic heterocycles. The standard InChI is InChI=1S/C16H22FN3O/c1-11-9-19-7-3-2-4-13(19)10-20(11)16(21)12-5-6-15(18)14(17)8-12/h5-6,8,11,13H,2-4,7,9-10,18H2,1H3. The van der Waals surface area contributed by atoms with Crippen molar-refractivity contribution in [2.24, 2.45) is 0 Å². The van der Waals surface area contributed by atoms with E-state index in [1.807, 2.05) is 4.90 Å². The van der Waals surface area contributed by atoms with Crippen molar-refractivity contribution in [2.45, 2.75) is 38.3 Å². The average molecular weight is 291 g/mol. The molecule has 0 radical (unpaired) electrons. The lowest BCUT2D eigenvalue weighted by molar-refractivity contribution is 0.0151. The van der Waals surface area contributed by atoms with Crippen molar-refractivity contribution >= 4 is 11.6 Å². The number of halogens is 1. The zero-order chi connectivity index (χ0) is 15.0. The van der Waals surface area contributed by atoms with Gasteiger partial charge in [-0.15, -0.1) is 0 Å². The number of hydrogen-bond acceptors (Lipinski definition) is 3. The first-order valence-electron chi connectivity index (χ1n) is 7.66. The molecule has 114 valence electrons. The minimum Gasteiger partial charge on any atom is -0.396 e. The molecule has 2 fully saturated rings. The van der Waals surface area contributed by atoms with Crippen molar-refractivity contribution in [2.75, 3.05) is 25.4 Å². The molecule has 3 rings (SSSR count). The number of hydrogen-bond donors (Lipinski definition) is 1. The molecule has 0 spiro atoms. The van der Waals surface area contributed by atoms with E-state index < -0.39 is 5.82 Å². The van der Waals surface area contributed by atoms with Crippen LogP contribution in [-0.4, -0.2) is 47.4 Å². The highest BCUT2D eigenvalue weighted by atomic mass is 19.1. The van der Waals surface area contributed by atoms with Gasteiger partial charge < -0.3 is 10.6 Å². The number of carbonyl (C=O) groups is 1. The molecule has 2 aliphatic heterocycles. The second kappa shape index (κ2) is 5.64. The van der Waals surface area contributed by atoms with E-state index in [2.05, 4.69) is 11.8 Å². The Kier molecular flexibility index (Phi) is 3.85. The fraction of sp³-hybridized carbons (Fsp3) is 0.562. The summed E-state index contributed by atoms with van der Waals surface area (Å²) in [7, 11) is 0. The summed E-state index contributed by atoms with van der Waals surface area (Å²) in [6.45, 7) is 4.85. The van der Waals surface area contributed by atoms with Crippen molar-refractivity contribution in [1.82, 2.24) is 9.80 Å². The molecular formula is C16H22FN3O. The second-order valence-corrected chi connectivity index (χ2v) is 6.19. The molecule has 1 aromatic rings. The van der Waals surface area contributed by atoms with Gasteiger partial charge in [0.15, 0.2) is 0 Å². The fourth-order valence-electron chi connectivity index (χ4n) is 3.46. The third-order valence-electron chi connectivity index (χ3n) is 4.70. The normalized spacial score (nSPS) is 26.5. The largest absolute Gasteiger partial charge is 0.396 e. The van der Waals surface area contributed by atoms with Gasteiger partial charge in [-0.05, 0) is 44.5 Å². The maximum Gasteiger partial charge on any atom is 0.254 e. The maximum absolute atomic E-state index is 13.6. The summed E-state index contributed by atoms with van der Waals surface area (Å²) in [5.74, 6) is -0.614. The summed E-state index contributed by atoms with van der Waals surface area (Å²) in [4.78, 5) is 17.0. The predicted octanol–water partition coefficient (Wildman–Crippen LogP) is 2.11. The van der Waals surface area contributed by atoms with Gasteiger partial charge in [0.05, 0.1) is 5.69 Å². The molecule has 2 unspecified atom stereocenters. The Bertz CT molecular complexity index is 548. The Labute approximate surface area is 124 Å². The Balaban J connectivity index is 1.78. The first-order valence-corrected chi connectivity index (χ1v) is 7.66. The van der Waals surface area contributed by atoms with Gasteiger partial charge in [0.25, 0.3) is 5.91 Å². The van der Waals surface area contributed by atoms with Gasteiger partial charge in [0, 0.05) is 30.7 Å². The molecule has 21 heavy (non-hydrogen) atoms. The van der Waals surface area contributed by atoms with Crippen LogP contribution in [0.15, 0.2) is 18.2 Å². The lowest BCUT2D eigenvalue weighted by Crippen LogP contribution is -2.60. The highest BCUT2D eigenvalue weighted by Gasteiger charge is 2.35. The van der Waals surface area contributed by atoms with Crippen molar-refractivity contribution < 1.29 is 9.18 Å². The molecule has 0 aliphatic carbocycles. The molecule has 0 saturated carbocycles. The number of fused-ring (bicyclic) bond motifs is 1. The molecular weight excluding hydrogens is 269 g/mol. The highest BCUT2D eigenvalue weighted by Crippen LogP contribution is 2.25. The van der Waals surface area contributed by atoms with Crippen molar-refractivity contribution in [3.05, 3.63) is 29.6 Å². The van der Waals surface area contributed by atoms with Crippen LogP contribution in [0.3, 0.4) is 0 Å². The van der Waals surface area contributed by atoms with Crippen LogP contribution in [0, 0.1) is 5.82 Å². The average Bonchev–Trinajstić information content (AvgIpc) is 2.48. The first-order chi connectivity index (χ1) is 10.1. The molecule has 5 heteroatoms. The Hall–Kier alpha value is -1.62. The van der Waals surface area contributed by atoms with E-state index in [1.54, 1.807) is 6.07 Å². The Morgan fingerprint density at radius 3 is 2.90 bits per heavy atom. The summed E-state index contributed by atoms with van der Waals surface area (Å²) in [5, 5.41) is 0. The van der Waals surface area contributed by atoms with Gasteiger partial charge >= 0.3 is 0 Å². The van der Waals surface area contributed by atoms with Crippen LogP contribution in [0.5, 0.6) is 0 Å². The van der Waals surface area contributed by atoms with Gasteiger partial charge in [-0.2, -0.15) is 0 Å². The number of piperazine rings is 1. The second-order valence-electron chi connectivity index (χ2n) is 6.19. The van der Waals surface area contributed by atoms with Gasteiger partial charge in [-0.3, -0.25) is 9.69 Å².